The molecule has 0 aliphatic carbocycles. The van der Waals surface area contributed by atoms with Gasteiger partial charge in [0, 0.05) is 17.4 Å². The molecular weight excluding hydrogens is 329 g/mol. The second-order valence-corrected chi connectivity index (χ2v) is 6.55. The first-order chi connectivity index (χ1) is 11.5. The Kier molecular flexibility index (Phi) is 4.61. The normalized spacial score (nSPS) is 12.1. The molecule has 0 bridgehead atoms. The molecule has 0 unspecified atom stereocenters. The Morgan fingerprint density at radius 1 is 1.25 bits per heavy atom. The van der Waals surface area contributed by atoms with E-state index < -0.39 is 4.92 Å². The van der Waals surface area contributed by atoms with E-state index in [-0.39, 0.29) is 16.8 Å². The number of nitro groups is 1. The van der Waals surface area contributed by atoms with Crippen molar-refractivity contribution in [1.29, 1.82) is 0 Å². The zero-order valence-electron chi connectivity index (χ0n) is 12.8. The number of nitrogens with zero attached hydrogens (tertiary/aromatic N) is 2. The molecule has 0 radical (unpaired) electrons. The summed E-state index contributed by atoms with van der Waals surface area (Å²) in [5.74, 6) is -0.285. The van der Waals surface area contributed by atoms with Crippen molar-refractivity contribution in [3.05, 3.63) is 76.2 Å². The highest BCUT2D eigenvalue weighted by Gasteiger charge is 2.14. The van der Waals surface area contributed by atoms with E-state index in [1.54, 1.807) is 30.5 Å². The molecule has 122 valence electrons. The van der Waals surface area contributed by atoms with E-state index in [1.807, 2.05) is 13.0 Å². The molecule has 0 spiro atoms. The van der Waals surface area contributed by atoms with Crippen LogP contribution < -0.4 is 0 Å². The highest BCUT2D eigenvalue weighted by Crippen LogP contribution is 2.35. The fraction of sp³-hybridized carbons (Fsp3) is 0.118. The summed E-state index contributed by atoms with van der Waals surface area (Å²) in [6.07, 6.45) is 1.69. The molecule has 1 atom stereocenters. The van der Waals surface area contributed by atoms with Gasteiger partial charge in [0.1, 0.15) is 5.82 Å². The summed E-state index contributed by atoms with van der Waals surface area (Å²) in [6.45, 7) is 1.96. The van der Waals surface area contributed by atoms with E-state index in [0.29, 0.717) is 5.16 Å². The molecule has 0 amide bonds. The average Bonchev–Trinajstić information content (AvgIpc) is 3.04. The van der Waals surface area contributed by atoms with Gasteiger partial charge in [-0.15, -0.1) is 0 Å². The average molecular weight is 343 g/mol. The van der Waals surface area contributed by atoms with Crippen LogP contribution in [-0.4, -0.2) is 14.9 Å². The van der Waals surface area contributed by atoms with Gasteiger partial charge < -0.3 is 4.98 Å². The Hall–Kier alpha value is -2.67. The highest BCUT2D eigenvalue weighted by atomic mass is 32.2. The third-order valence-corrected chi connectivity index (χ3v) is 4.60. The zero-order valence-corrected chi connectivity index (χ0v) is 13.6. The van der Waals surface area contributed by atoms with Gasteiger partial charge >= 0.3 is 0 Å². The SMILES string of the molecule is C[C@H](Sc1ncc(-c2ccc(F)cc2)[nH]1)c1cccc([N+](=O)[O-])c1. The summed E-state index contributed by atoms with van der Waals surface area (Å²) < 4.78 is 13.0. The Balaban J connectivity index is 1.75. The number of hydrogen-bond donors (Lipinski definition) is 1. The molecule has 7 heteroatoms. The number of non-ortho nitro benzene ring substituents is 1. The van der Waals surface area contributed by atoms with Crippen LogP contribution >= 0.6 is 11.8 Å². The Labute approximate surface area is 142 Å². The lowest BCUT2D eigenvalue weighted by atomic mass is 10.1. The quantitative estimate of drug-likeness (QED) is 0.403. The van der Waals surface area contributed by atoms with Crippen LogP contribution in [0, 0.1) is 15.9 Å². The van der Waals surface area contributed by atoms with Crippen LogP contribution in [0.2, 0.25) is 0 Å². The van der Waals surface area contributed by atoms with Crippen molar-refractivity contribution in [1.82, 2.24) is 9.97 Å². The third-order valence-electron chi connectivity index (χ3n) is 3.55. The van der Waals surface area contributed by atoms with Gasteiger partial charge in [-0.25, -0.2) is 9.37 Å². The fourth-order valence-corrected chi connectivity index (χ4v) is 3.17. The van der Waals surface area contributed by atoms with Gasteiger partial charge in [-0.3, -0.25) is 10.1 Å². The zero-order chi connectivity index (χ0) is 17.1. The van der Waals surface area contributed by atoms with Crippen LogP contribution in [0.3, 0.4) is 0 Å². The topological polar surface area (TPSA) is 71.8 Å². The minimum Gasteiger partial charge on any atom is -0.333 e. The van der Waals surface area contributed by atoms with E-state index in [9.17, 15) is 14.5 Å². The lowest BCUT2D eigenvalue weighted by molar-refractivity contribution is -0.384. The molecule has 0 aliphatic heterocycles. The Bertz CT molecular complexity index is 864. The number of halogens is 1. The summed E-state index contributed by atoms with van der Waals surface area (Å²) in [5, 5.41) is 11.6. The number of hydrogen-bond acceptors (Lipinski definition) is 4. The standard InChI is InChI=1S/C17H14FN3O2S/c1-11(13-3-2-4-15(9-13)21(22)23)24-17-19-10-16(20-17)12-5-7-14(18)8-6-12/h2-11H,1H3,(H,19,20)/t11-/m0/s1. The number of benzene rings is 2. The number of nitro benzene ring substituents is 1. The van der Waals surface area contributed by atoms with Gasteiger partial charge in [-0.05, 0) is 42.3 Å². The molecule has 3 aromatic rings. The van der Waals surface area contributed by atoms with Gasteiger partial charge in [0.15, 0.2) is 5.16 Å². The van der Waals surface area contributed by atoms with Crippen LogP contribution in [0.5, 0.6) is 0 Å². The van der Waals surface area contributed by atoms with Crippen molar-refractivity contribution in [3.63, 3.8) is 0 Å². The molecule has 1 aromatic heterocycles. The van der Waals surface area contributed by atoms with Crippen molar-refractivity contribution in [3.8, 4) is 11.3 Å². The van der Waals surface area contributed by atoms with E-state index in [4.69, 9.17) is 0 Å². The predicted molar refractivity (Wildman–Crippen MR) is 91.4 cm³/mol. The van der Waals surface area contributed by atoms with Gasteiger partial charge in [0.25, 0.3) is 5.69 Å². The van der Waals surface area contributed by atoms with Crippen molar-refractivity contribution >= 4 is 17.4 Å². The maximum atomic E-state index is 13.0. The highest BCUT2D eigenvalue weighted by molar-refractivity contribution is 7.99. The summed E-state index contributed by atoms with van der Waals surface area (Å²) in [5.41, 5.74) is 2.57. The van der Waals surface area contributed by atoms with E-state index in [2.05, 4.69) is 9.97 Å². The van der Waals surface area contributed by atoms with E-state index in [1.165, 1.54) is 30.0 Å². The summed E-state index contributed by atoms with van der Waals surface area (Å²) in [7, 11) is 0. The van der Waals surface area contributed by atoms with Crippen molar-refractivity contribution in [2.75, 3.05) is 0 Å². The molecule has 5 nitrogen and oxygen atoms in total. The largest absolute Gasteiger partial charge is 0.333 e. The minimum absolute atomic E-state index is 0.00267. The minimum atomic E-state index is -0.402. The Morgan fingerprint density at radius 3 is 2.71 bits per heavy atom. The number of H-pyrrole nitrogens is 1. The summed E-state index contributed by atoms with van der Waals surface area (Å²) >= 11 is 1.47. The number of aromatic amines is 1. The van der Waals surface area contributed by atoms with E-state index >= 15 is 0 Å². The first kappa shape index (κ1) is 16.2. The van der Waals surface area contributed by atoms with Crippen molar-refractivity contribution < 1.29 is 9.31 Å². The Morgan fingerprint density at radius 2 is 2.00 bits per heavy atom. The molecule has 2 aromatic carbocycles. The molecule has 0 saturated heterocycles. The number of aromatic nitrogens is 2. The lowest BCUT2D eigenvalue weighted by Gasteiger charge is -2.09. The second-order valence-electron chi connectivity index (χ2n) is 5.22. The van der Waals surface area contributed by atoms with Crippen LogP contribution in [0.25, 0.3) is 11.3 Å². The van der Waals surface area contributed by atoms with Gasteiger partial charge in [-0.2, -0.15) is 0 Å². The second kappa shape index (κ2) is 6.84. The maximum Gasteiger partial charge on any atom is 0.269 e. The fourth-order valence-electron chi connectivity index (χ4n) is 2.27. The van der Waals surface area contributed by atoms with Crippen molar-refractivity contribution in [2.45, 2.75) is 17.3 Å². The summed E-state index contributed by atoms with van der Waals surface area (Å²) in [4.78, 5) is 18.0. The lowest BCUT2D eigenvalue weighted by Crippen LogP contribution is -1.93. The molecule has 3 rings (SSSR count). The third kappa shape index (κ3) is 3.62. The molecule has 0 saturated carbocycles. The van der Waals surface area contributed by atoms with Crippen LogP contribution in [0.4, 0.5) is 10.1 Å². The number of nitrogens with one attached hydrogen (secondary N) is 1. The number of rotatable bonds is 5. The molecule has 1 N–H and O–H groups in total. The van der Waals surface area contributed by atoms with Gasteiger partial charge in [-0.1, -0.05) is 23.9 Å². The predicted octanol–water partition coefficient (Wildman–Crippen LogP) is 4.98. The smallest absolute Gasteiger partial charge is 0.269 e. The van der Waals surface area contributed by atoms with E-state index in [0.717, 1.165) is 16.8 Å². The van der Waals surface area contributed by atoms with Gasteiger partial charge in [0.05, 0.1) is 16.8 Å². The number of thioether (sulfide) groups is 1. The van der Waals surface area contributed by atoms with Crippen LogP contribution in [-0.2, 0) is 0 Å². The molecule has 24 heavy (non-hydrogen) atoms. The molecular formula is C17H14FN3O2S. The monoisotopic (exact) mass is 343 g/mol. The van der Waals surface area contributed by atoms with Crippen LogP contribution in [0.15, 0.2) is 59.9 Å². The van der Waals surface area contributed by atoms with Gasteiger partial charge in [0.2, 0.25) is 0 Å². The molecule has 0 aliphatic rings. The molecule has 1 heterocycles. The van der Waals surface area contributed by atoms with Crippen molar-refractivity contribution in [2.24, 2.45) is 0 Å². The van der Waals surface area contributed by atoms with Crippen LogP contribution in [0.1, 0.15) is 17.7 Å². The first-order valence-corrected chi connectivity index (χ1v) is 8.13. The first-order valence-electron chi connectivity index (χ1n) is 7.25. The number of imidazole rings is 1. The maximum absolute atomic E-state index is 13.0. The molecule has 0 fully saturated rings. The summed E-state index contributed by atoms with van der Waals surface area (Å²) in [6, 6.07) is 12.7.